The van der Waals surface area contributed by atoms with E-state index in [-0.39, 0.29) is 18.2 Å². The van der Waals surface area contributed by atoms with E-state index < -0.39 is 15.4 Å². The molecule has 158 valence electrons. The van der Waals surface area contributed by atoms with Crippen LogP contribution in [0.3, 0.4) is 0 Å². The van der Waals surface area contributed by atoms with Crippen molar-refractivity contribution in [2.75, 3.05) is 17.0 Å². The number of rotatable bonds is 7. The van der Waals surface area contributed by atoms with Crippen LogP contribution in [-0.4, -0.2) is 36.2 Å². The van der Waals surface area contributed by atoms with Gasteiger partial charge in [0, 0.05) is 24.0 Å². The van der Waals surface area contributed by atoms with Gasteiger partial charge in [-0.25, -0.2) is 12.9 Å². The molecule has 1 aliphatic rings. The zero-order valence-corrected chi connectivity index (χ0v) is 17.9. The minimum absolute atomic E-state index is 0.0401. The lowest BCUT2D eigenvalue weighted by molar-refractivity contribution is -0.126. The Balaban J connectivity index is 1.39. The minimum atomic E-state index is -3.61. The number of carbonyl (C=O) groups is 1. The van der Waals surface area contributed by atoms with Gasteiger partial charge in [-0.05, 0) is 48.7 Å². The fourth-order valence-corrected chi connectivity index (χ4v) is 5.16. The van der Waals surface area contributed by atoms with Crippen LogP contribution in [-0.2, 0) is 20.2 Å². The van der Waals surface area contributed by atoms with E-state index in [4.69, 9.17) is 11.6 Å². The third-order valence-electron chi connectivity index (χ3n) is 5.62. The van der Waals surface area contributed by atoms with Crippen LogP contribution in [0.15, 0.2) is 54.9 Å². The first-order chi connectivity index (χ1) is 14.4. The topological polar surface area (TPSA) is 92.6 Å². The highest BCUT2D eigenvalue weighted by Gasteiger charge is 2.42. The molecule has 2 aromatic heterocycles. The number of hydrogen-bond donors (Lipinski definition) is 2. The van der Waals surface area contributed by atoms with Crippen LogP contribution < -0.4 is 10.0 Å². The third-order valence-corrected chi connectivity index (χ3v) is 7.16. The number of halogens is 1. The molecule has 1 saturated carbocycles. The lowest BCUT2D eigenvalue weighted by Gasteiger charge is -2.28. The first-order valence-corrected chi connectivity index (χ1v) is 11.9. The molecule has 1 fully saturated rings. The van der Waals surface area contributed by atoms with Crippen molar-refractivity contribution in [3.8, 4) is 0 Å². The maximum absolute atomic E-state index is 13.0. The Morgan fingerprint density at radius 1 is 1.13 bits per heavy atom. The number of sulfonamides is 1. The van der Waals surface area contributed by atoms with Gasteiger partial charge in [0.1, 0.15) is 0 Å². The van der Waals surface area contributed by atoms with Crippen molar-refractivity contribution in [1.82, 2.24) is 14.9 Å². The monoisotopic (exact) mass is 446 g/mol. The van der Waals surface area contributed by atoms with Crippen LogP contribution in [0.4, 0.5) is 5.69 Å². The van der Waals surface area contributed by atoms with Crippen molar-refractivity contribution in [2.24, 2.45) is 0 Å². The average Bonchev–Trinajstić information content (AvgIpc) is 3.38. The Morgan fingerprint density at radius 2 is 1.87 bits per heavy atom. The average molecular weight is 447 g/mol. The van der Waals surface area contributed by atoms with E-state index in [1.807, 2.05) is 12.1 Å². The Bertz CT molecular complexity index is 1150. The molecule has 0 spiro atoms. The number of nitrogens with one attached hydrogen (secondary N) is 2. The minimum Gasteiger partial charge on any atom is -0.354 e. The number of carbonyl (C=O) groups excluding carboxylic acids is 1. The van der Waals surface area contributed by atoms with Crippen LogP contribution in [0, 0.1) is 0 Å². The van der Waals surface area contributed by atoms with E-state index in [1.54, 1.807) is 47.2 Å². The fourth-order valence-electron chi connectivity index (χ4n) is 4.08. The molecule has 9 heteroatoms. The van der Waals surface area contributed by atoms with Crippen molar-refractivity contribution >= 4 is 38.7 Å². The number of benzene rings is 1. The van der Waals surface area contributed by atoms with Gasteiger partial charge in [-0.15, -0.1) is 0 Å². The zero-order chi connectivity index (χ0) is 21.2. The molecule has 0 radical (unpaired) electrons. The predicted molar refractivity (Wildman–Crippen MR) is 117 cm³/mol. The van der Waals surface area contributed by atoms with Gasteiger partial charge in [-0.1, -0.05) is 36.6 Å². The molecule has 3 aromatic rings. The highest BCUT2D eigenvalue weighted by atomic mass is 35.5. The highest BCUT2D eigenvalue weighted by Crippen LogP contribution is 2.41. The van der Waals surface area contributed by atoms with E-state index in [2.05, 4.69) is 15.1 Å². The summed E-state index contributed by atoms with van der Waals surface area (Å²) < 4.78 is 29.1. The molecule has 0 aliphatic heterocycles. The molecule has 4 rings (SSSR count). The van der Waals surface area contributed by atoms with Crippen molar-refractivity contribution < 1.29 is 13.2 Å². The van der Waals surface area contributed by atoms with Crippen molar-refractivity contribution in [3.05, 3.63) is 65.4 Å². The van der Waals surface area contributed by atoms with Crippen LogP contribution in [0.2, 0.25) is 5.02 Å². The summed E-state index contributed by atoms with van der Waals surface area (Å²) in [7, 11) is -3.61. The molecule has 2 heterocycles. The van der Waals surface area contributed by atoms with Crippen LogP contribution in [0.25, 0.3) is 5.52 Å². The lowest BCUT2D eigenvalue weighted by Crippen LogP contribution is -2.44. The maximum atomic E-state index is 13.0. The SMILES string of the molecule is O=C(NCCS(=O)(=O)Nc1ccn2nccc2c1)C1(c2ccc(Cl)cc2)CCCC1. The molecule has 7 nitrogen and oxygen atoms in total. The van der Waals surface area contributed by atoms with E-state index in [0.717, 1.165) is 36.8 Å². The molecule has 0 saturated heterocycles. The van der Waals surface area contributed by atoms with E-state index in [9.17, 15) is 13.2 Å². The summed E-state index contributed by atoms with van der Waals surface area (Å²) in [6.45, 7) is 0.0401. The Morgan fingerprint density at radius 3 is 2.60 bits per heavy atom. The Kier molecular flexibility index (Phi) is 5.71. The number of fused-ring (bicyclic) bond motifs is 1. The van der Waals surface area contributed by atoms with Crippen LogP contribution in [0.1, 0.15) is 31.2 Å². The summed E-state index contributed by atoms with van der Waals surface area (Å²) in [5, 5.41) is 7.55. The second-order valence-electron chi connectivity index (χ2n) is 7.59. The molecular weight excluding hydrogens is 424 g/mol. The van der Waals surface area contributed by atoms with E-state index >= 15 is 0 Å². The summed E-state index contributed by atoms with van der Waals surface area (Å²) in [6.07, 6.45) is 6.75. The number of pyridine rings is 1. The molecule has 0 atom stereocenters. The van der Waals surface area contributed by atoms with E-state index in [1.165, 1.54) is 0 Å². The molecule has 2 N–H and O–H groups in total. The molecule has 0 bridgehead atoms. The third kappa shape index (κ3) is 4.29. The summed E-state index contributed by atoms with van der Waals surface area (Å²) in [5.41, 5.74) is 1.56. The summed E-state index contributed by atoms with van der Waals surface area (Å²) in [5.74, 6) is -0.335. The van der Waals surface area contributed by atoms with Crippen LogP contribution in [0.5, 0.6) is 0 Å². The molecular formula is C21H23ClN4O3S. The van der Waals surface area contributed by atoms with Gasteiger partial charge < -0.3 is 5.32 Å². The number of amides is 1. The van der Waals surface area contributed by atoms with Gasteiger partial charge >= 0.3 is 0 Å². The first-order valence-electron chi connectivity index (χ1n) is 9.86. The summed E-state index contributed by atoms with van der Waals surface area (Å²) in [4.78, 5) is 13.0. The zero-order valence-electron chi connectivity index (χ0n) is 16.3. The summed E-state index contributed by atoms with van der Waals surface area (Å²) in [6, 6.07) is 12.5. The first kappa shape index (κ1) is 20.7. The number of hydrogen-bond acceptors (Lipinski definition) is 4. The quantitative estimate of drug-likeness (QED) is 0.582. The number of anilines is 1. The fraction of sp³-hybridized carbons (Fsp3) is 0.333. The maximum Gasteiger partial charge on any atom is 0.234 e. The van der Waals surface area contributed by atoms with Gasteiger partial charge in [0.25, 0.3) is 0 Å². The standard InChI is InChI=1S/C21H23ClN4O3S/c22-17-5-3-16(4-6-17)21(9-1-2-10-21)20(27)23-12-14-30(28,29)25-18-8-13-26-19(15-18)7-11-24-26/h3-8,11,13,15,25H,1-2,9-10,12,14H2,(H,23,27). The molecule has 0 unspecified atom stereocenters. The van der Waals surface area contributed by atoms with Gasteiger partial charge in [0.05, 0.1) is 22.4 Å². The highest BCUT2D eigenvalue weighted by molar-refractivity contribution is 7.92. The number of aromatic nitrogens is 2. The van der Waals surface area contributed by atoms with Gasteiger partial charge in [0.15, 0.2) is 0 Å². The van der Waals surface area contributed by atoms with E-state index in [0.29, 0.717) is 10.7 Å². The molecule has 1 aliphatic carbocycles. The largest absolute Gasteiger partial charge is 0.354 e. The van der Waals surface area contributed by atoms with Gasteiger partial charge in [0.2, 0.25) is 15.9 Å². The van der Waals surface area contributed by atoms with Crippen molar-refractivity contribution in [2.45, 2.75) is 31.1 Å². The smallest absolute Gasteiger partial charge is 0.234 e. The van der Waals surface area contributed by atoms with Gasteiger partial charge in [-0.3, -0.25) is 9.52 Å². The van der Waals surface area contributed by atoms with Crippen molar-refractivity contribution in [1.29, 1.82) is 0 Å². The summed E-state index contributed by atoms with van der Waals surface area (Å²) >= 11 is 5.99. The lowest BCUT2D eigenvalue weighted by atomic mass is 9.78. The normalized spacial score (nSPS) is 15.9. The van der Waals surface area contributed by atoms with Crippen molar-refractivity contribution in [3.63, 3.8) is 0 Å². The molecule has 30 heavy (non-hydrogen) atoms. The Labute approximate surface area is 180 Å². The molecule has 1 amide bonds. The second-order valence-corrected chi connectivity index (χ2v) is 9.87. The van der Waals surface area contributed by atoms with Crippen LogP contribution >= 0.6 is 11.6 Å². The predicted octanol–water partition coefficient (Wildman–Crippen LogP) is 3.36. The molecule has 1 aromatic carbocycles. The Hall–Kier alpha value is -2.58. The van der Waals surface area contributed by atoms with Gasteiger partial charge in [-0.2, -0.15) is 5.10 Å². The number of nitrogens with zero attached hydrogens (tertiary/aromatic N) is 2. The second kappa shape index (κ2) is 8.28.